The van der Waals surface area contributed by atoms with Crippen LogP contribution in [0, 0.1) is 12.7 Å². The molecule has 0 aliphatic carbocycles. The minimum atomic E-state index is -0.403. The predicted octanol–water partition coefficient (Wildman–Crippen LogP) is 3.02. The average Bonchev–Trinajstić information content (AvgIpc) is 2.13. The van der Waals surface area contributed by atoms with Crippen molar-refractivity contribution in [2.75, 3.05) is 5.32 Å². The Morgan fingerprint density at radius 1 is 1.57 bits per heavy atom. The molecular weight excluding hydrogens is 203 g/mol. The Hall–Kier alpha value is -1.22. The highest BCUT2D eigenvalue weighted by atomic mass is 35.5. The molecule has 3 N–H and O–H groups in total. The number of hydrogen-bond acceptors (Lipinski definition) is 2. The SMILES string of the molecule is C/C(N)=C/Nc1ccc(Cl)c(F)c1C. The molecule has 0 spiro atoms. The first-order valence-corrected chi connectivity index (χ1v) is 4.53. The smallest absolute Gasteiger partial charge is 0.146 e. The van der Waals surface area contributed by atoms with Gasteiger partial charge in [-0.05, 0) is 26.0 Å². The van der Waals surface area contributed by atoms with E-state index < -0.39 is 5.82 Å². The van der Waals surface area contributed by atoms with E-state index in [1.807, 2.05) is 0 Å². The first kappa shape index (κ1) is 10.9. The fourth-order valence-electron chi connectivity index (χ4n) is 1.000. The topological polar surface area (TPSA) is 38.0 Å². The Morgan fingerprint density at radius 3 is 2.79 bits per heavy atom. The summed E-state index contributed by atoms with van der Waals surface area (Å²) in [5.74, 6) is -0.403. The quantitative estimate of drug-likeness (QED) is 0.794. The van der Waals surface area contributed by atoms with Crippen molar-refractivity contribution in [3.05, 3.63) is 40.4 Å². The van der Waals surface area contributed by atoms with Crippen LogP contribution in [-0.4, -0.2) is 0 Å². The lowest BCUT2D eigenvalue weighted by Gasteiger charge is -2.07. The number of benzene rings is 1. The van der Waals surface area contributed by atoms with Gasteiger partial charge < -0.3 is 11.1 Å². The van der Waals surface area contributed by atoms with Crippen molar-refractivity contribution in [2.45, 2.75) is 13.8 Å². The second kappa shape index (κ2) is 4.33. The summed E-state index contributed by atoms with van der Waals surface area (Å²) in [6.45, 7) is 3.40. The summed E-state index contributed by atoms with van der Waals surface area (Å²) in [4.78, 5) is 0. The zero-order valence-electron chi connectivity index (χ0n) is 8.07. The summed E-state index contributed by atoms with van der Waals surface area (Å²) in [7, 11) is 0. The first-order chi connectivity index (χ1) is 6.52. The maximum atomic E-state index is 13.3. The van der Waals surface area contributed by atoms with Gasteiger partial charge in [-0.3, -0.25) is 0 Å². The maximum absolute atomic E-state index is 13.3. The Balaban J connectivity index is 3.00. The molecule has 0 aliphatic heterocycles. The first-order valence-electron chi connectivity index (χ1n) is 4.15. The summed E-state index contributed by atoms with van der Waals surface area (Å²) >= 11 is 5.61. The minimum Gasteiger partial charge on any atom is -0.401 e. The number of nitrogens with one attached hydrogen (secondary N) is 1. The summed E-state index contributed by atoms with van der Waals surface area (Å²) in [6.07, 6.45) is 1.61. The third-order valence-electron chi connectivity index (χ3n) is 1.79. The van der Waals surface area contributed by atoms with E-state index in [-0.39, 0.29) is 5.02 Å². The lowest BCUT2D eigenvalue weighted by Crippen LogP contribution is -1.99. The van der Waals surface area contributed by atoms with Crippen LogP contribution >= 0.6 is 11.6 Å². The van der Waals surface area contributed by atoms with Crippen molar-refractivity contribution in [3.63, 3.8) is 0 Å². The third kappa shape index (κ3) is 2.39. The van der Waals surface area contributed by atoms with Gasteiger partial charge >= 0.3 is 0 Å². The number of allylic oxidation sites excluding steroid dienone is 1. The van der Waals surface area contributed by atoms with Gasteiger partial charge in [0.2, 0.25) is 0 Å². The van der Waals surface area contributed by atoms with Crippen LogP contribution in [0.5, 0.6) is 0 Å². The third-order valence-corrected chi connectivity index (χ3v) is 2.09. The fraction of sp³-hybridized carbons (Fsp3) is 0.200. The molecule has 0 amide bonds. The second-order valence-corrected chi connectivity index (χ2v) is 3.47. The summed E-state index contributed by atoms with van der Waals surface area (Å²) in [5, 5.41) is 3.02. The molecule has 0 bridgehead atoms. The number of hydrogen-bond donors (Lipinski definition) is 2. The Morgan fingerprint density at radius 2 is 2.21 bits per heavy atom. The van der Waals surface area contributed by atoms with Crippen molar-refractivity contribution in [2.24, 2.45) is 5.73 Å². The van der Waals surface area contributed by atoms with E-state index in [2.05, 4.69) is 5.32 Å². The molecule has 0 unspecified atom stereocenters. The number of halogens is 2. The van der Waals surface area contributed by atoms with Gasteiger partial charge in [0.1, 0.15) is 5.82 Å². The standard InChI is InChI=1S/C10H12ClFN2/c1-6(13)5-14-9-4-3-8(11)10(12)7(9)2/h3-5,14H,13H2,1-2H3/b6-5-. The van der Waals surface area contributed by atoms with Crippen LogP contribution in [0.2, 0.25) is 5.02 Å². The molecule has 0 aliphatic rings. The highest BCUT2D eigenvalue weighted by molar-refractivity contribution is 6.30. The Kier molecular flexibility index (Phi) is 3.36. The van der Waals surface area contributed by atoms with Gasteiger partial charge in [0.15, 0.2) is 0 Å². The lowest BCUT2D eigenvalue weighted by atomic mass is 10.2. The molecule has 1 rings (SSSR count). The van der Waals surface area contributed by atoms with Gasteiger partial charge in [0, 0.05) is 23.1 Å². The molecule has 0 saturated heterocycles. The van der Waals surface area contributed by atoms with Crippen molar-refractivity contribution in [1.82, 2.24) is 0 Å². The van der Waals surface area contributed by atoms with Crippen LogP contribution < -0.4 is 11.1 Å². The fourth-order valence-corrected chi connectivity index (χ4v) is 1.20. The molecule has 0 atom stereocenters. The van der Waals surface area contributed by atoms with E-state index in [4.69, 9.17) is 17.3 Å². The zero-order chi connectivity index (χ0) is 10.7. The molecule has 1 aromatic carbocycles. The van der Waals surface area contributed by atoms with Crippen molar-refractivity contribution in [3.8, 4) is 0 Å². The normalized spacial score (nSPS) is 11.6. The van der Waals surface area contributed by atoms with Gasteiger partial charge in [-0.25, -0.2) is 4.39 Å². The van der Waals surface area contributed by atoms with E-state index >= 15 is 0 Å². The van der Waals surface area contributed by atoms with E-state index in [0.717, 1.165) is 0 Å². The number of nitrogens with two attached hydrogens (primary N) is 1. The van der Waals surface area contributed by atoms with Gasteiger partial charge in [-0.2, -0.15) is 0 Å². The Labute approximate surface area is 87.6 Å². The van der Waals surface area contributed by atoms with Crippen LogP contribution in [0.1, 0.15) is 12.5 Å². The van der Waals surface area contributed by atoms with Gasteiger partial charge in [-0.1, -0.05) is 11.6 Å². The van der Waals surface area contributed by atoms with Crippen molar-refractivity contribution < 1.29 is 4.39 Å². The summed E-state index contributed by atoms with van der Waals surface area (Å²) in [5.41, 5.74) is 7.21. The van der Waals surface area contributed by atoms with Crippen LogP contribution in [0.15, 0.2) is 24.0 Å². The van der Waals surface area contributed by atoms with Crippen LogP contribution in [0.3, 0.4) is 0 Å². The Bertz CT molecular complexity index is 371. The highest BCUT2D eigenvalue weighted by Gasteiger charge is 2.06. The van der Waals surface area contributed by atoms with E-state index in [9.17, 15) is 4.39 Å². The molecule has 14 heavy (non-hydrogen) atoms. The molecule has 0 radical (unpaired) electrons. The minimum absolute atomic E-state index is 0.126. The average molecular weight is 215 g/mol. The maximum Gasteiger partial charge on any atom is 0.146 e. The molecule has 0 fully saturated rings. The second-order valence-electron chi connectivity index (χ2n) is 3.07. The summed E-state index contributed by atoms with van der Waals surface area (Å²) < 4.78 is 13.3. The molecule has 2 nitrogen and oxygen atoms in total. The van der Waals surface area contributed by atoms with Crippen LogP contribution in [0.4, 0.5) is 10.1 Å². The van der Waals surface area contributed by atoms with Crippen molar-refractivity contribution in [1.29, 1.82) is 0 Å². The predicted molar refractivity (Wildman–Crippen MR) is 57.7 cm³/mol. The lowest BCUT2D eigenvalue weighted by molar-refractivity contribution is 0.620. The molecule has 1 aromatic rings. The number of rotatable bonds is 2. The van der Waals surface area contributed by atoms with Crippen molar-refractivity contribution >= 4 is 17.3 Å². The molecule has 4 heteroatoms. The van der Waals surface area contributed by atoms with E-state index in [1.165, 1.54) is 6.07 Å². The van der Waals surface area contributed by atoms with Gasteiger partial charge in [0.25, 0.3) is 0 Å². The van der Waals surface area contributed by atoms with Crippen LogP contribution in [-0.2, 0) is 0 Å². The zero-order valence-corrected chi connectivity index (χ0v) is 8.82. The highest BCUT2D eigenvalue weighted by Crippen LogP contribution is 2.24. The molecular formula is C10H12ClFN2. The monoisotopic (exact) mass is 214 g/mol. The summed E-state index contributed by atoms with van der Waals surface area (Å²) in [6, 6.07) is 3.21. The molecule has 0 heterocycles. The molecule has 76 valence electrons. The van der Waals surface area contributed by atoms with Crippen LogP contribution in [0.25, 0.3) is 0 Å². The molecule has 0 saturated carbocycles. The molecule has 0 aromatic heterocycles. The van der Waals surface area contributed by atoms with E-state index in [1.54, 1.807) is 26.1 Å². The number of anilines is 1. The van der Waals surface area contributed by atoms with Gasteiger partial charge in [-0.15, -0.1) is 0 Å². The van der Waals surface area contributed by atoms with Gasteiger partial charge in [0.05, 0.1) is 5.02 Å². The van der Waals surface area contributed by atoms with E-state index in [0.29, 0.717) is 16.9 Å². The largest absolute Gasteiger partial charge is 0.401 e.